The molecule has 2 aromatic carbocycles. The Balaban J connectivity index is 1.98. The molecule has 1 unspecified atom stereocenters. The number of halogens is 1. The number of carbonyl (C=O) groups is 1. The lowest BCUT2D eigenvalue weighted by molar-refractivity contribution is 0.0988. The molecule has 0 saturated heterocycles. The summed E-state index contributed by atoms with van der Waals surface area (Å²) in [7, 11) is 8.06. The molecule has 0 aliphatic carbocycles. The minimum Gasteiger partial charge on any atom is -0.378 e. The van der Waals surface area contributed by atoms with Crippen molar-refractivity contribution in [2.24, 2.45) is 0 Å². The highest BCUT2D eigenvalue weighted by atomic mass is 19.1. The molecule has 4 nitrogen and oxygen atoms in total. The molecule has 0 aliphatic heterocycles. The highest BCUT2D eigenvalue weighted by molar-refractivity contribution is 5.97. The first-order valence-corrected chi connectivity index (χ1v) is 8.73. The fourth-order valence-electron chi connectivity index (χ4n) is 2.78. The second-order valence-electron chi connectivity index (χ2n) is 6.98. The third kappa shape index (κ3) is 5.13. The van der Waals surface area contributed by atoms with Crippen molar-refractivity contribution in [3.8, 4) is 0 Å². The number of hydrogen-bond donors (Lipinski definition) is 1. The van der Waals surface area contributed by atoms with E-state index in [2.05, 4.69) is 39.4 Å². The second-order valence-corrected chi connectivity index (χ2v) is 6.98. The summed E-state index contributed by atoms with van der Waals surface area (Å²) in [5.74, 6) is -0.452. The van der Waals surface area contributed by atoms with E-state index in [1.807, 2.05) is 28.2 Å². The molecule has 1 atom stereocenters. The summed E-state index contributed by atoms with van der Waals surface area (Å²) in [4.78, 5) is 16.4. The maximum absolute atomic E-state index is 13.6. The first kappa shape index (κ1) is 20.1. The van der Waals surface area contributed by atoms with Gasteiger partial charge in [0.2, 0.25) is 0 Å². The maximum atomic E-state index is 13.6. The third-order valence-corrected chi connectivity index (χ3v) is 4.53. The molecule has 1 N–H and O–H groups in total. The van der Waals surface area contributed by atoms with Crippen LogP contribution in [0, 0.1) is 12.7 Å². The van der Waals surface area contributed by atoms with Crippen molar-refractivity contribution in [2.75, 3.05) is 46.2 Å². The first-order chi connectivity index (χ1) is 12.3. The van der Waals surface area contributed by atoms with Crippen molar-refractivity contribution < 1.29 is 9.18 Å². The largest absolute Gasteiger partial charge is 0.378 e. The van der Waals surface area contributed by atoms with Crippen LogP contribution in [-0.2, 0) is 0 Å². The van der Waals surface area contributed by atoms with Gasteiger partial charge in [0.25, 0.3) is 0 Å². The molecular weight excluding hydrogens is 329 g/mol. The monoisotopic (exact) mass is 357 g/mol. The van der Waals surface area contributed by atoms with Crippen LogP contribution in [0.25, 0.3) is 0 Å². The lowest BCUT2D eigenvalue weighted by Gasteiger charge is -2.26. The minimum absolute atomic E-state index is 0.107. The minimum atomic E-state index is -0.344. The molecule has 0 amide bonds. The quantitative estimate of drug-likeness (QED) is 0.736. The van der Waals surface area contributed by atoms with Gasteiger partial charge in [-0.25, -0.2) is 4.39 Å². The van der Waals surface area contributed by atoms with Gasteiger partial charge in [0.15, 0.2) is 5.78 Å². The predicted octanol–water partition coefficient (Wildman–Crippen LogP) is 3.28. The molecule has 0 aromatic heterocycles. The zero-order valence-electron chi connectivity index (χ0n) is 16.2. The number of Topliss-reactive ketones (excluding diaryl/α,β-unsaturated/α-hetero) is 1. The molecular formula is C21H28FN3O. The number of anilines is 1. The predicted molar refractivity (Wildman–Crippen MR) is 106 cm³/mol. The molecule has 0 spiro atoms. The number of aryl methyl sites for hydroxylation is 1. The molecule has 0 heterocycles. The Bertz CT molecular complexity index is 741. The standard InChI is InChI=1S/C21H28FN3O/c1-15-6-7-17(12-19(15)22)21(26)14-23-13-20(25(4)5)16-8-10-18(11-9-16)24(2)3/h6-12,20,23H,13-14H2,1-5H3. The number of nitrogens with zero attached hydrogens (tertiary/aromatic N) is 2. The summed E-state index contributed by atoms with van der Waals surface area (Å²) >= 11 is 0. The molecule has 0 bridgehead atoms. The van der Waals surface area contributed by atoms with Crippen molar-refractivity contribution in [2.45, 2.75) is 13.0 Å². The third-order valence-electron chi connectivity index (χ3n) is 4.53. The number of nitrogens with one attached hydrogen (secondary N) is 1. The van der Waals surface area contributed by atoms with Gasteiger partial charge in [-0.3, -0.25) is 4.79 Å². The Kier molecular flexibility index (Phi) is 6.89. The summed E-state index contributed by atoms with van der Waals surface area (Å²) in [5.41, 5.74) is 3.28. The fourth-order valence-corrected chi connectivity index (χ4v) is 2.78. The van der Waals surface area contributed by atoms with E-state index in [-0.39, 0.29) is 24.2 Å². The topological polar surface area (TPSA) is 35.6 Å². The molecule has 0 aliphatic rings. The average Bonchev–Trinajstić information content (AvgIpc) is 2.60. The Labute approximate surface area is 155 Å². The molecule has 0 saturated carbocycles. The van der Waals surface area contributed by atoms with E-state index < -0.39 is 0 Å². The van der Waals surface area contributed by atoms with Crippen molar-refractivity contribution in [1.82, 2.24) is 10.2 Å². The average molecular weight is 357 g/mol. The van der Waals surface area contributed by atoms with E-state index in [4.69, 9.17) is 0 Å². The highest BCUT2D eigenvalue weighted by Crippen LogP contribution is 2.21. The van der Waals surface area contributed by atoms with Gasteiger partial charge in [-0.15, -0.1) is 0 Å². The number of carbonyl (C=O) groups excluding carboxylic acids is 1. The van der Waals surface area contributed by atoms with Crippen LogP contribution in [0.3, 0.4) is 0 Å². The van der Waals surface area contributed by atoms with Crippen molar-refractivity contribution in [1.29, 1.82) is 0 Å². The second kappa shape index (κ2) is 8.92. The summed E-state index contributed by atoms with van der Waals surface area (Å²) in [6.07, 6.45) is 0. The van der Waals surface area contributed by atoms with Gasteiger partial charge in [-0.1, -0.05) is 24.3 Å². The molecule has 2 aromatic rings. The summed E-state index contributed by atoms with van der Waals surface area (Å²) in [5, 5.41) is 3.21. The van der Waals surface area contributed by atoms with Crippen molar-refractivity contribution in [3.63, 3.8) is 0 Å². The molecule has 140 valence electrons. The number of rotatable bonds is 8. The number of benzene rings is 2. The van der Waals surface area contributed by atoms with Crippen LogP contribution in [0.15, 0.2) is 42.5 Å². The van der Waals surface area contributed by atoms with Gasteiger partial charge in [-0.05, 0) is 50.3 Å². The van der Waals surface area contributed by atoms with Crippen LogP contribution < -0.4 is 10.2 Å². The van der Waals surface area contributed by atoms with Gasteiger partial charge in [0, 0.05) is 37.9 Å². The van der Waals surface area contributed by atoms with E-state index in [9.17, 15) is 9.18 Å². The van der Waals surface area contributed by atoms with Crippen molar-refractivity contribution in [3.05, 3.63) is 65.0 Å². The Morgan fingerprint density at radius 2 is 1.73 bits per heavy atom. The normalized spacial score (nSPS) is 12.3. The molecule has 2 rings (SSSR count). The summed E-state index contributed by atoms with van der Waals surface area (Å²) in [6, 6.07) is 13.2. The van der Waals surface area contributed by atoms with E-state index in [1.165, 1.54) is 11.6 Å². The molecule has 26 heavy (non-hydrogen) atoms. The van der Waals surface area contributed by atoms with Crippen molar-refractivity contribution >= 4 is 11.5 Å². The Morgan fingerprint density at radius 1 is 1.08 bits per heavy atom. The van der Waals surface area contributed by atoms with Crippen LogP contribution in [0.4, 0.5) is 10.1 Å². The first-order valence-electron chi connectivity index (χ1n) is 8.73. The zero-order chi connectivity index (χ0) is 19.3. The van der Waals surface area contributed by atoms with E-state index >= 15 is 0 Å². The van der Waals surface area contributed by atoms with Crippen LogP contribution in [0.2, 0.25) is 0 Å². The zero-order valence-corrected chi connectivity index (χ0v) is 16.2. The summed E-state index contributed by atoms with van der Waals surface area (Å²) in [6.45, 7) is 2.50. The van der Waals surface area contributed by atoms with Crippen LogP contribution >= 0.6 is 0 Å². The molecule has 0 radical (unpaired) electrons. The van der Waals surface area contributed by atoms with E-state index in [0.717, 1.165) is 5.69 Å². The lowest BCUT2D eigenvalue weighted by atomic mass is 10.0. The SMILES string of the molecule is Cc1ccc(C(=O)CNCC(c2ccc(N(C)C)cc2)N(C)C)cc1F. The maximum Gasteiger partial charge on any atom is 0.176 e. The molecule has 0 fully saturated rings. The van der Waals surface area contributed by atoms with Crippen LogP contribution in [0.5, 0.6) is 0 Å². The van der Waals surface area contributed by atoms with Crippen LogP contribution in [-0.4, -0.2) is 52.0 Å². The number of likely N-dealkylation sites (N-methyl/N-ethyl adjacent to an activating group) is 1. The Hall–Kier alpha value is -2.24. The highest BCUT2D eigenvalue weighted by Gasteiger charge is 2.15. The Morgan fingerprint density at radius 3 is 2.27 bits per heavy atom. The molecule has 5 heteroatoms. The van der Waals surface area contributed by atoms with Gasteiger partial charge in [0.05, 0.1) is 6.54 Å². The van der Waals surface area contributed by atoms with E-state index in [1.54, 1.807) is 19.1 Å². The smallest absolute Gasteiger partial charge is 0.176 e. The van der Waals surface area contributed by atoms with Gasteiger partial charge in [-0.2, -0.15) is 0 Å². The fraction of sp³-hybridized carbons (Fsp3) is 0.381. The van der Waals surface area contributed by atoms with E-state index in [0.29, 0.717) is 17.7 Å². The van der Waals surface area contributed by atoms with Gasteiger partial charge >= 0.3 is 0 Å². The summed E-state index contributed by atoms with van der Waals surface area (Å²) < 4.78 is 13.6. The number of ketones is 1. The van der Waals surface area contributed by atoms with Gasteiger partial charge in [0.1, 0.15) is 5.82 Å². The van der Waals surface area contributed by atoms with Gasteiger partial charge < -0.3 is 15.1 Å². The number of hydrogen-bond acceptors (Lipinski definition) is 4. The van der Waals surface area contributed by atoms with Crippen LogP contribution in [0.1, 0.15) is 27.5 Å². The lowest BCUT2D eigenvalue weighted by Crippen LogP contribution is -2.33.